The minimum absolute atomic E-state index is 0.254. The lowest BCUT2D eigenvalue weighted by atomic mass is 9.30. The number of carbonyl (C=O) groups excluding carboxylic acids is 5. The molecule has 0 N–H and O–H groups in total. The quantitative estimate of drug-likeness (QED) is 0.0340. The second-order valence-corrected chi connectivity index (χ2v) is 36.1. The number of Topliss-reactive ketones (excluding diaryl/α,β-unsaturated/α-hetero) is 2. The highest BCUT2D eigenvalue weighted by Gasteiger charge is 2.99. The molecule has 0 radical (unpaired) electrons. The normalized spacial score (nSPS) is 17.3. The second kappa shape index (κ2) is 29.6. The number of ether oxygens (including phenoxy) is 3. The summed E-state index contributed by atoms with van der Waals surface area (Å²) in [4.78, 5) is 75.3. The molecule has 676 valence electrons. The third kappa shape index (κ3) is 13.9. The van der Waals surface area contributed by atoms with E-state index in [1.54, 1.807) is 0 Å². The van der Waals surface area contributed by atoms with Gasteiger partial charge in [-0.15, -0.1) is 0 Å². The molecule has 0 aromatic carbocycles. The Morgan fingerprint density at radius 2 is 0.316 bits per heavy atom. The predicted octanol–water partition coefficient (Wildman–Crippen LogP) is 25.3. The van der Waals surface area contributed by atoms with E-state index >= 15 is 79.8 Å². The number of carbonyl (C=O) groups is 5. The lowest BCUT2D eigenvalue weighted by molar-refractivity contribution is -0.466. The van der Waals surface area contributed by atoms with Gasteiger partial charge in [0.05, 0.1) is 39.1 Å². The Kier molecular flexibility index (Phi) is 28.4. The summed E-state index contributed by atoms with van der Waals surface area (Å²) in [5.74, 6) is -127. The molecule has 0 saturated heterocycles. The Hall–Kier alpha value is -4.63. The molecule has 0 amide bonds. The first-order valence-corrected chi connectivity index (χ1v) is 34.7. The second-order valence-electron chi connectivity index (χ2n) is 36.1. The molecule has 0 aliphatic heterocycles. The molecule has 0 rings (SSSR count). The molecule has 0 fully saturated rings. The van der Waals surface area contributed by atoms with Crippen LogP contribution in [0.4, 0.5) is 149 Å². The van der Waals surface area contributed by atoms with Gasteiger partial charge in [-0.2, -0.15) is 149 Å². The number of alkyl halides is 34. The number of esters is 3. The van der Waals surface area contributed by atoms with Crippen LogP contribution in [-0.4, -0.2) is 145 Å². The highest BCUT2D eigenvalue weighted by molar-refractivity contribution is 5.92. The van der Waals surface area contributed by atoms with E-state index in [2.05, 4.69) is 0 Å². The van der Waals surface area contributed by atoms with Crippen LogP contribution in [0.3, 0.4) is 0 Å². The smallest absolute Gasteiger partial charge is 0.460 e. The Labute approximate surface area is 638 Å². The molecular formula is C72H102F34O8. The number of hydrogen-bond acceptors (Lipinski definition) is 8. The van der Waals surface area contributed by atoms with Crippen LogP contribution in [0.2, 0.25) is 0 Å². The van der Waals surface area contributed by atoms with Gasteiger partial charge < -0.3 is 14.2 Å². The Balaban J connectivity index is 9.72. The van der Waals surface area contributed by atoms with Crippen molar-refractivity contribution in [2.75, 3.05) is 19.8 Å². The summed E-state index contributed by atoms with van der Waals surface area (Å²) in [6.07, 6.45) is -19.1. The van der Waals surface area contributed by atoms with Crippen molar-refractivity contribution in [3.05, 3.63) is 0 Å². The van der Waals surface area contributed by atoms with Crippen LogP contribution in [0.25, 0.3) is 0 Å². The van der Waals surface area contributed by atoms with E-state index in [1.807, 2.05) is 0 Å². The van der Waals surface area contributed by atoms with Gasteiger partial charge in [0, 0.05) is 32.5 Å². The molecule has 0 aliphatic carbocycles. The van der Waals surface area contributed by atoms with Crippen molar-refractivity contribution < 1.29 is 187 Å². The molecule has 0 bridgehead atoms. The minimum atomic E-state index is -9.02. The summed E-state index contributed by atoms with van der Waals surface area (Å²) in [6.45, 7) is 24.4. The fourth-order valence-electron chi connectivity index (χ4n) is 15.9. The van der Waals surface area contributed by atoms with Crippen molar-refractivity contribution in [1.29, 1.82) is 0 Å². The van der Waals surface area contributed by atoms with Crippen molar-refractivity contribution in [3.8, 4) is 0 Å². The zero-order chi connectivity index (χ0) is 93.8. The van der Waals surface area contributed by atoms with Crippen LogP contribution in [0.1, 0.15) is 227 Å². The zero-order valence-corrected chi connectivity index (χ0v) is 68.4. The molecule has 42 heteroatoms. The van der Waals surface area contributed by atoms with Crippen LogP contribution in [0, 0.1) is 81.2 Å². The summed E-state index contributed by atoms with van der Waals surface area (Å²) < 4.78 is 521. The lowest BCUT2D eigenvalue weighted by Crippen LogP contribution is -2.76. The summed E-state index contributed by atoms with van der Waals surface area (Å²) in [6, 6.07) is 0. The summed E-state index contributed by atoms with van der Waals surface area (Å²) in [5, 5.41) is 0. The number of halogens is 34. The highest BCUT2D eigenvalue weighted by Crippen LogP contribution is 2.80. The third-order valence-electron chi connectivity index (χ3n) is 29.3. The van der Waals surface area contributed by atoms with Crippen LogP contribution in [-0.2, 0) is 38.2 Å². The summed E-state index contributed by atoms with van der Waals surface area (Å²) in [5.41, 5.74) is -41.4. The largest absolute Gasteiger partial charge is 0.466 e. The first-order chi connectivity index (χ1) is 48.7. The monoisotopic (exact) mass is 1740 g/mol. The molecule has 1 unspecified atom stereocenters. The Morgan fingerprint density at radius 1 is 0.184 bits per heavy atom. The molecular weight excluding hydrogens is 1640 g/mol. The van der Waals surface area contributed by atoms with E-state index in [1.165, 1.54) is 96.9 Å². The van der Waals surface area contributed by atoms with Gasteiger partial charge in [0.15, 0.2) is 0 Å². The van der Waals surface area contributed by atoms with Crippen molar-refractivity contribution in [3.63, 3.8) is 0 Å². The van der Waals surface area contributed by atoms with E-state index in [-0.39, 0.29) is 55.4 Å². The summed E-state index contributed by atoms with van der Waals surface area (Å²) in [7, 11) is 0. The number of rotatable bonds is 39. The van der Waals surface area contributed by atoms with Crippen molar-refractivity contribution in [2.24, 2.45) is 81.2 Å². The fourth-order valence-corrected chi connectivity index (χ4v) is 15.9. The fraction of sp³-hybridized carbons (Fsp3) is 0.931. The molecule has 0 spiro atoms. The van der Waals surface area contributed by atoms with Gasteiger partial charge >= 0.3 is 113 Å². The molecule has 8 nitrogen and oxygen atoms in total. The van der Waals surface area contributed by atoms with Gasteiger partial charge in [-0.05, 0) is 69.5 Å². The van der Waals surface area contributed by atoms with E-state index in [0.29, 0.717) is 0 Å². The van der Waals surface area contributed by atoms with Crippen LogP contribution in [0.15, 0.2) is 0 Å². The van der Waals surface area contributed by atoms with Gasteiger partial charge in [0.2, 0.25) is 0 Å². The lowest BCUT2D eigenvalue weighted by Gasteiger charge is -2.73. The van der Waals surface area contributed by atoms with E-state index in [0.717, 1.165) is 55.4 Å². The maximum absolute atomic E-state index is 16.9. The van der Waals surface area contributed by atoms with E-state index in [4.69, 9.17) is 14.2 Å². The third-order valence-corrected chi connectivity index (χ3v) is 29.3. The van der Waals surface area contributed by atoms with Gasteiger partial charge in [-0.25, -0.2) is 0 Å². The average molecular weight is 1740 g/mol. The molecule has 0 heterocycles. The molecule has 3 atom stereocenters. The standard InChI is InChI=1S/C72H102F34O8/c1-31-112-37(107)34-54(28,50(20,21)46(12,13)42(4,5)40(110)44(8,9)48(16,17)57(73,74)59(77,78)61(81,82)63(85,86)65(89,90)67(93,94)69(97,98)71(101,102)103)52(24,25)56(30,36-39(109)114-33-3)53(26,27)55(29,35-38(108)113-32-2)51(22,23)47(14,15)43(6,7)41(111)45(10,11)49(18,19)58(75,76)60(79,80)62(83,84)64(87,88)66(91,92)68(95,96)70(99,100)72(104,105)106/h31-36H2,1-30H3/t54-,55+,56?. The first kappa shape index (κ1) is 109. The van der Waals surface area contributed by atoms with Gasteiger partial charge in [-0.1, -0.05) is 187 Å². The van der Waals surface area contributed by atoms with E-state index < -0.39 is 245 Å². The van der Waals surface area contributed by atoms with Crippen LogP contribution >= 0.6 is 0 Å². The van der Waals surface area contributed by atoms with Crippen molar-refractivity contribution in [1.82, 2.24) is 0 Å². The maximum atomic E-state index is 16.9. The van der Waals surface area contributed by atoms with Crippen LogP contribution < -0.4 is 0 Å². The number of hydrogen-bond donors (Lipinski definition) is 0. The SMILES string of the molecule is CCOC(=O)CC(C)(C(C)(C)[C@@](C)(CC(=O)OCC)C(C)(C)C(C)(C)C(C)(C)C(=O)C(C)(C)C(C)(C)C(F)(F)C(F)(F)C(F)(F)C(F)(F)C(F)(F)C(F)(F)C(F)(F)C(F)(F)F)C(C)(C)[C@](C)(CC(=O)OCC)C(C)(C)C(C)(C)C(C)(C)C(=O)C(C)(C)C(C)(C)C(F)(F)C(F)(F)C(F)(F)C(F)(F)C(F)(F)C(F)(F)C(F)(F)C(F)(F)F. The topological polar surface area (TPSA) is 113 Å². The van der Waals surface area contributed by atoms with Gasteiger partial charge in [0.1, 0.15) is 11.6 Å². The first-order valence-electron chi connectivity index (χ1n) is 34.7. The highest BCUT2D eigenvalue weighted by atomic mass is 19.4. The molecule has 0 saturated carbocycles. The van der Waals surface area contributed by atoms with Gasteiger partial charge in [0.25, 0.3) is 0 Å². The minimum Gasteiger partial charge on any atom is -0.466 e. The molecule has 0 aromatic heterocycles. The van der Waals surface area contributed by atoms with Crippen molar-refractivity contribution in [2.45, 2.75) is 322 Å². The zero-order valence-electron chi connectivity index (χ0n) is 68.4. The molecule has 0 aliphatic rings. The summed E-state index contributed by atoms with van der Waals surface area (Å²) >= 11 is 0. The van der Waals surface area contributed by atoms with E-state index in [9.17, 15) is 93.4 Å². The van der Waals surface area contributed by atoms with Gasteiger partial charge in [-0.3, -0.25) is 24.0 Å². The maximum Gasteiger partial charge on any atom is 0.460 e. The predicted molar refractivity (Wildman–Crippen MR) is 345 cm³/mol. The molecule has 114 heavy (non-hydrogen) atoms. The Morgan fingerprint density at radius 3 is 0.465 bits per heavy atom. The number of ketones is 2. The van der Waals surface area contributed by atoms with Crippen molar-refractivity contribution >= 4 is 29.5 Å². The molecule has 0 aromatic rings. The Bertz CT molecular complexity index is 3300. The van der Waals surface area contributed by atoms with Crippen LogP contribution in [0.5, 0.6) is 0 Å². The average Bonchev–Trinajstić information content (AvgIpc) is 0.673.